The highest BCUT2D eigenvalue weighted by Gasteiger charge is 2.54. The maximum absolute atomic E-state index is 11.5. The molecule has 3 rings (SSSR count). The average Bonchev–Trinajstić information content (AvgIpc) is 2.43. The molecule has 0 aromatic rings. The van der Waals surface area contributed by atoms with Crippen molar-refractivity contribution < 1.29 is 9.84 Å². The molecule has 1 N–H and O–H groups in total. The van der Waals surface area contributed by atoms with Crippen LogP contribution in [0, 0.1) is 11.3 Å². The van der Waals surface area contributed by atoms with Crippen molar-refractivity contribution in [2.45, 2.75) is 76.4 Å². The molecule has 0 radical (unpaired) electrons. The smallest absolute Gasteiger partial charge is 0.0818 e. The Bertz CT molecular complexity index is 343. The molecule has 3 aliphatic rings. The van der Waals surface area contributed by atoms with Gasteiger partial charge in [-0.2, -0.15) is 11.8 Å². The number of hydrogen-bond donors (Lipinski definition) is 1. The van der Waals surface area contributed by atoms with E-state index < -0.39 is 5.60 Å². The fourth-order valence-electron chi connectivity index (χ4n) is 4.62. The van der Waals surface area contributed by atoms with E-state index in [9.17, 15) is 5.11 Å². The van der Waals surface area contributed by atoms with E-state index in [1.165, 1.54) is 37.9 Å². The molecule has 2 heterocycles. The van der Waals surface area contributed by atoms with Gasteiger partial charge in [0.15, 0.2) is 0 Å². The van der Waals surface area contributed by atoms with Crippen LogP contribution in [0.4, 0.5) is 0 Å². The van der Waals surface area contributed by atoms with Crippen LogP contribution in [0.1, 0.15) is 65.2 Å². The van der Waals surface area contributed by atoms with Gasteiger partial charge in [-0.25, -0.2) is 0 Å². The van der Waals surface area contributed by atoms with Crippen LogP contribution in [0.25, 0.3) is 0 Å². The quantitative estimate of drug-likeness (QED) is 0.793. The monoisotopic (exact) mass is 298 g/mol. The first kappa shape index (κ1) is 15.2. The van der Waals surface area contributed by atoms with E-state index in [2.05, 4.69) is 13.8 Å². The summed E-state index contributed by atoms with van der Waals surface area (Å²) in [5.74, 6) is 2.54. The van der Waals surface area contributed by atoms with Crippen molar-refractivity contribution in [3.63, 3.8) is 0 Å². The third kappa shape index (κ3) is 2.55. The van der Waals surface area contributed by atoms with Crippen LogP contribution in [-0.2, 0) is 4.74 Å². The predicted molar refractivity (Wildman–Crippen MR) is 85.2 cm³/mol. The zero-order valence-corrected chi connectivity index (χ0v) is 13.9. The largest absolute Gasteiger partial charge is 0.388 e. The van der Waals surface area contributed by atoms with Gasteiger partial charge in [0, 0.05) is 12.4 Å². The van der Waals surface area contributed by atoms with Crippen LogP contribution < -0.4 is 0 Å². The van der Waals surface area contributed by atoms with Gasteiger partial charge in [-0.05, 0) is 49.2 Å². The van der Waals surface area contributed by atoms with Gasteiger partial charge in [0.1, 0.15) is 0 Å². The van der Waals surface area contributed by atoms with Gasteiger partial charge in [-0.3, -0.25) is 0 Å². The zero-order chi connectivity index (χ0) is 14.3. The number of rotatable bonds is 1. The maximum atomic E-state index is 11.5. The highest BCUT2D eigenvalue weighted by atomic mass is 32.2. The molecular formula is C17H30O2S. The standard InChI is InChI=1S/C17H30O2S/c1-15(2)9-11-20-13-17(15,18)14-6-10-19-16(12-14)7-4-3-5-8-16/h14,18H,3-13H2,1-2H3. The molecule has 3 fully saturated rings. The van der Waals surface area contributed by atoms with Gasteiger partial charge < -0.3 is 9.84 Å². The van der Waals surface area contributed by atoms with Crippen LogP contribution in [-0.4, -0.2) is 34.4 Å². The highest BCUT2D eigenvalue weighted by Crippen LogP contribution is 2.52. The highest BCUT2D eigenvalue weighted by molar-refractivity contribution is 7.99. The van der Waals surface area contributed by atoms with Crippen LogP contribution >= 0.6 is 11.8 Å². The molecule has 0 aromatic carbocycles. The summed E-state index contributed by atoms with van der Waals surface area (Å²) >= 11 is 1.94. The second-order valence-electron chi connectivity index (χ2n) is 7.89. The Morgan fingerprint density at radius 2 is 1.85 bits per heavy atom. The molecule has 2 nitrogen and oxygen atoms in total. The van der Waals surface area contributed by atoms with Crippen molar-refractivity contribution in [3.05, 3.63) is 0 Å². The van der Waals surface area contributed by atoms with Crippen LogP contribution in [0.2, 0.25) is 0 Å². The number of ether oxygens (including phenoxy) is 1. The van der Waals surface area contributed by atoms with Crippen LogP contribution in [0.15, 0.2) is 0 Å². The van der Waals surface area contributed by atoms with Gasteiger partial charge in [0.25, 0.3) is 0 Å². The Kier molecular flexibility index (Phi) is 4.16. The van der Waals surface area contributed by atoms with Gasteiger partial charge in [-0.15, -0.1) is 0 Å². The minimum atomic E-state index is -0.496. The lowest BCUT2D eigenvalue weighted by atomic mass is 9.62. The van der Waals surface area contributed by atoms with E-state index in [1.54, 1.807) is 0 Å². The molecule has 2 aliphatic heterocycles. The van der Waals surface area contributed by atoms with Crippen molar-refractivity contribution in [2.75, 3.05) is 18.1 Å². The summed E-state index contributed by atoms with van der Waals surface area (Å²) in [6, 6.07) is 0. The molecule has 0 aromatic heterocycles. The average molecular weight is 298 g/mol. The summed E-state index contributed by atoms with van der Waals surface area (Å²) in [6.07, 6.45) is 9.68. The van der Waals surface area contributed by atoms with Crippen molar-refractivity contribution in [1.82, 2.24) is 0 Å². The lowest BCUT2D eigenvalue weighted by molar-refractivity contribution is -0.179. The molecule has 2 atom stereocenters. The second kappa shape index (κ2) is 5.48. The molecule has 0 bridgehead atoms. The van der Waals surface area contributed by atoms with Crippen LogP contribution in [0.5, 0.6) is 0 Å². The number of aliphatic hydroxyl groups is 1. The minimum absolute atomic E-state index is 0.0517. The third-order valence-electron chi connectivity index (χ3n) is 6.30. The summed E-state index contributed by atoms with van der Waals surface area (Å²) in [5, 5.41) is 11.5. The first-order chi connectivity index (χ1) is 9.48. The maximum Gasteiger partial charge on any atom is 0.0818 e. The first-order valence-corrected chi connectivity index (χ1v) is 9.57. The third-order valence-corrected chi connectivity index (χ3v) is 7.44. The van der Waals surface area contributed by atoms with E-state index in [0.717, 1.165) is 31.6 Å². The Morgan fingerprint density at radius 3 is 2.55 bits per heavy atom. The first-order valence-electron chi connectivity index (χ1n) is 8.42. The topological polar surface area (TPSA) is 29.5 Å². The molecule has 116 valence electrons. The minimum Gasteiger partial charge on any atom is -0.388 e. The lowest BCUT2D eigenvalue weighted by Crippen LogP contribution is -2.59. The Labute approximate surface area is 128 Å². The molecule has 2 saturated heterocycles. The molecule has 20 heavy (non-hydrogen) atoms. The molecule has 1 spiro atoms. The van der Waals surface area contributed by atoms with Gasteiger partial charge >= 0.3 is 0 Å². The van der Waals surface area contributed by atoms with Gasteiger partial charge in [0.05, 0.1) is 11.2 Å². The number of hydrogen-bond acceptors (Lipinski definition) is 3. The summed E-state index contributed by atoms with van der Waals surface area (Å²) in [5.41, 5.74) is -0.338. The Morgan fingerprint density at radius 1 is 1.10 bits per heavy atom. The fourth-order valence-corrected chi connectivity index (χ4v) is 6.35. The summed E-state index contributed by atoms with van der Waals surface area (Å²) in [7, 11) is 0. The predicted octanol–water partition coefficient (Wildman–Crippen LogP) is 4.01. The van der Waals surface area contributed by atoms with Crippen molar-refractivity contribution in [2.24, 2.45) is 11.3 Å². The van der Waals surface area contributed by atoms with Crippen LogP contribution in [0.3, 0.4) is 0 Å². The fraction of sp³-hybridized carbons (Fsp3) is 1.00. The molecule has 1 saturated carbocycles. The zero-order valence-electron chi connectivity index (χ0n) is 13.1. The van der Waals surface area contributed by atoms with Crippen molar-refractivity contribution >= 4 is 11.8 Å². The molecule has 1 aliphatic carbocycles. The second-order valence-corrected chi connectivity index (χ2v) is 9.00. The SMILES string of the molecule is CC1(C)CCSCC1(O)C1CCOC2(CCCCC2)C1. The van der Waals surface area contributed by atoms with E-state index in [-0.39, 0.29) is 11.0 Å². The molecule has 3 heteroatoms. The number of thioether (sulfide) groups is 1. The van der Waals surface area contributed by atoms with Gasteiger partial charge in [-0.1, -0.05) is 33.1 Å². The van der Waals surface area contributed by atoms with E-state index in [0.29, 0.717) is 5.92 Å². The summed E-state index contributed by atoms with van der Waals surface area (Å²) < 4.78 is 6.22. The molecular weight excluding hydrogens is 268 g/mol. The van der Waals surface area contributed by atoms with Crippen molar-refractivity contribution in [3.8, 4) is 0 Å². The van der Waals surface area contributed by atoms with Gasteiger partial charge in [0.2, 0.25) is 0 Å². The van der Waals surface area contributed by atoms with E-state index >= 15 is 0 Å². The Balaban J connectivity index is 1.78. The normalized spacial score (nSPS) is 40.6. The lowest BCUT2D eigenvalue weighted by Gasteiger charge is -2.55. The molecule has 2 unspecified atom stereocenters. The molecule has 0 amide bonds. The Hall–Kier alpha value is 0.270. The summed E-state index contributed by atoms with van der Waals surface area (Å²) in [4.78, 5) is 0. The van der Waals surface area contributed by atoms with Crippen molar-refractivity contribution in [1.29, 1.82) is 0 Å². The van der Waals surface area contributed by atoms with E-state index in [4.69, 9.17) is 4.74 Å². The van der Waals surface area contributed by atoms with E-state index in [1.807, 2.05) is 11.8 Å². The summed E-state index contributed by atoms with van der Waals surface area (Å²) in [6.45, 7) is 5.40.